The number of aliphatic hydroxyl groups is 2. The average molecular weight is 216 g/mol. The van der Waals surface area contributed by atoms with Crippen LogP contribution in [0.25, 0.3) is 0 Å². The van der Waals surface area contributed by atoms with Crippen molar-refractivity contribution < 1.29 is 14.9 Å². The molecule has 1 aliphatic rings. The lowest BCUT2D eigenvalue weighted by atomic mass is 9.88. The first-order chi connectivity index (χ1) is 7.29. The smallest absolute Gasteiger partial charge is 0.0594 e. The first kappa shape index (κ1) is 12.9. The molecule has 3 nitrogen and oxygen atoms in total. The molecule has 2 N–H and O–H groups in total. The second kappa shape index (κ2) is 7.20. The molecule has 0 amide bonds. The Morgan fingerprint density at radius 1 is 1.27 bits per heavy atom. The Balaban J connectivity index is 2.17. The fraction of sp³-hybridized carbons (Fsp3) is 1.00. The maximum absolute atomic E-state index is 9.96. The van der Waals surface area contributed by atoms with Crippen LogP contribution in [0.2, 0.25) is 0 Å². The van der Waals surface area contributed by atoms with E-state index in [1.807, 2.05) is 0 Å². The summed E-state index contributed by atoms with van der Waals surface area (Å²) in [6.07, 6.45) is 5.32. The molecule has 90 valence electrons. The Morgan fingerprint density at radius 2 is 2.07 bits per heavy atom. The molecule has 0 aromatic carbocycles. The van der Waals surface area contributed by atoms with Crippen molar-refractivity contribution in [3.8, 4) is 0 Å². The molecule has 0 spiro atoms. The zero-order valence-corrected chi connectivity index (χ0v) is 9.69. The largest absolute Gasteiger partial charge is 0.396 e. The quantitative estimate of drug-likeness (QED) is 0.635. The van der Waals surface area contributed by atoms with Crippen molar-refractivity contribution in [2.75, 3.05) is 19.8 Å². The SMILES string of the molecule is CCCCCCC(O)C1COCC1CO. The van der Waals surface area contributed by atoms with Crippen LogP contribution < -0.4 is 0 Å². The van der Waals surface area contributed by atoms with Crippen LogP contribution >= 0.6 is 0 Å². The number of unbranched alkanes of at least 4 members (excludes halogenated alkanes) is 3. The Labute approximate surface area is 92.4 Å². The molecule has 1 rings (SSSR count). The van der Waals surface area contributed by atoms with Crippen molar-refractivity contribution in [2.45, 2.75) is 45.1 Å². The molecule has 0 aromatic rings. The molecule has 0 aliphatic carbocycles. The van der Waals surface area contributed by atoms with Crippen LogP contribution in [0.3, 0.4) is 0 Å². The Morgan fingerprint density at radius 3 is 2.73 bits per heavy atom. The topological polar surface area (TPSA) is 49.7 Å². The molecular formula is C12H24O3. The van der Waals surface area contributed by atoms with E-state index in [1.165, 1.54) is 19.3 Å². The molecule has 1 saturated heterocycles. The molecule has 0 saturated carbocycles. The zero-order valence-electron chi connectivity index (χ0n) is 9.69. The summed E-state index contributed by atoms with van der Waals surface area (Å²) in [5.74, 6) is 0.294. The highest BCUT2D eigenvalue weighted by molar-refractivity contribution is 4.80. The summed E-state index contributed by atoms with van der Waals surface area (Å²) in [5, 5.41) is 19.1. The Hall–Kier alpha value is -0.120. The van der Waals surface area contributed by atoms with Crippen molar-refractivity contribution in [1.29, 1.82) is 0 Å². The maximum Gasteiger partial charge on any atom is 0.0594 e. The average Bonchev–Trinajstić information content (AvgIpc) is 2.72. The minimum atomic E-state index is -0.290. The van der Waals surface area contributed by atoms with Gasteiger partial charge in [-0.25, -0.2) is 0 Å². The van der Waals surface area contributed by atoms with Gasteiger partial charge in [0.25, 0.3) is 0 Å². The van der Waals surface area contributed by atoms with Crippen molar-refractivity contribution in [2.24, 2.45) is 11.8 Å². The molecule has 3 atom stereocenters. The van der Waals surface area contributed by atoms with Crippen LogP contribution in [-0.4, -0.2) is 36.1 Å². The summed E-state index contributed by atoms with van der Waals surface area (Å²) in [7, 11) is 0. The highest BCUT2D eigenvalue weighted by Crippen LogP contribution is 2.26. The van der Waals surface area contributed by atoms with E-state index in [2.05, 4.69) is 6.92 Å². The summed E-state index contributed by atoms with van der Waals surface area (Å²) in [5.41, 5.74) is 0. The maximum atomic E-state index is 9.96. The third kappa shape index (κ3) is 4.09. The van der Waals surface area contributed by atoms with Gasteiger partial charge in [0.05, 0.1) is 19.3 Å². The number of rotatable bonds is 7. The lowest BCUT2D eigenvalue weighted by Crippen LogP contribution is -2.28. The van der Waals surface area contributed by atoms with Gasteiger partial charge in [-0.05, 0) is 6.42 Å². The van der Waals surface area contributed by atoms with Crippen molar-refractivity contribution >= 4 is 0 Å². The first-order valence-corrected chi connectivity index (χ1v) is 6.16. The molecule has 3 heteroatoms. The number of hydrogen-bond acceptors (Lipinski definition) is 3. The van der Waals surface area contributed by atoms with Crippen LogP contribution in [0.4, 0.5) is 0 Å². The summed E-state index contributed by atoms with van der Waals surface area (Å²) in [6, 6.07) is 0. The van der Waals surface area contributed by atoms with Crippen LogP contribution in [-0.2, 0) is 4.74 Å². The van der Waals surface area contributed by atoms with Gasteiger partial charge in [0.2, 0.25) is 0 Å². The van der Waals surface area contributed by atoms with Gasteiger partial charge in [-0.1, -0.05) is 32.6 Å². The van der Waals surface area contributed by atoms with Gasteiger partial charge in [-0.3, -0.25) is 0 Å². The van der Waals surface area contributed by atoms with Crippen molar-refractivity contribution in [3.63, 3.8) is 0 Å². The van der Waals surface area contributed by atoms with Crippen LogP contribution in [0.1, 0.15) is 39.0 Å². The van der Waals surface area contributed by atoms with E-state index in [4.69, 9.17) is 9.84 Å². The standard InChI is InChI=1S/C12H24O3/c1-2-3-4-5-6-12(14)11-9-15-8-10(11)7-13/h10-14H,2-9H2,1H3. The van der Waals surface area contributed by atoms with E-state index in [0.29, 0.717) is 13.2 Å². The fourth-order valence-electron chi connectivity index (χ4n) is 2.22. The van der Waals surface area contributed by atoms with Crippen molar-refractivity contribution in [1.82, 2.24) is 0 Å². The second-order valence-corrected chi connectivity index (χ2v) is 4.56. The minimum Gasteiger partial charge on any atom is -0.396 e. The lowest BCUT2D eigenvalue weighted by Gasteiger charge is -2.21. The van der Waals surface area contributed by atoms with Gasteiger partial charge in [0.1, 0.15) is 0 Å². The van der Waals surface area contributed by atoms with Gasteiger partial charge in [0.15, 0.2) is 0 Å². The minimum absolute atomic E-state index is 0.136. The highest BCUT2D eigenvalue weighted by atomic mass is 16.5. The van der Waals surface area contributed by atoms with Gasteiger partial charge in [-0.15, -0.1) is 0 Å². The second-order valence-electron chi connectivity index (χ2n) is 4.56. The number of hydrogen-bond donors (Lipinski definition) is 2. The van der Waals surface area contributed by atoms with Crippen molar-refractivity contribution in [3.05, 3.63) is 0 Å². The van der Waals surface area contributed by atoms with E-state index in [-0.39, 0.29) is 24.5 Å². The zero-order chi connectivity index (χ0) is 11.1. The Kier molecular flexibility index (Phi) is 6.22. The summed E-state index contributed by atoms with van der Waals surface area (Å²) >= 11 is 0. The van der Waals surface area contributed by atoms with Crippen LogP contribution in [0, 0.1) is 11.8 Å². The Bertz CT molecular complexity index is 161. The van der Waals surface area contributed by atoms with Gasteiger partial charge in [-0.2, -0.15) is 0 Å². The first-order valence-electron chi connectivity index (χ1n) is 6.16. The van der Waals surface area contributed by atoms with Gasteiger partial charge in [0, 0.05) is 18.4 Å². The van der Waals surface area contributed by atoms with Crippen LogP contribution in [0.5, 0.6) is 0 Å². The predicted octanol–water partition coefficient (Wildman–Crippen LogP) is 1.57. The molecule has 0 aromatic heterocycles. The van der Waals surface area contributed by atoms with Gasteiger partial charge < -0.3 is 14.9 Å². The van der Waals surface area contributed by atoms with E-state index >= 15 is 0 Å². The molecule has 0 bridgehead atoms. The predicted molar refractivity (Wildman–Crippen MR) is 59.7 cm³/mol. The monoisotopic (exact) mass is 216 g/mol. The molecule has 3 unspecified atom stereocenters. The fourth-order valence-corrected chi connectivity index (χ4v) is 2.22. The summed E-state index contributed by atoms with van der Waals surface area (Å²) < 4.78 is 5.29. The molecular weight excluding hydrogens is 192 g/mol. The summed E-state index contributed by atoms with van der Waals surface area (Å²) in [4.78, 5) is 0. The van der Waals surface area contributed by atoms with Crippen LogP contribution in [0.15, 0.2) is 0 Å². The number of ether oxygens (including phenoxy) is 1. The molecule has 1 aliphatic heterocycles. The third-order valence-electron chi connectivity index (χ3n) is 3.33. The normalized spacial score (nSPS) is 28.2. The molecule has 1 fully saturated rings. The summed E-state index contributed by atoms with van der Waals surface area (Å²) in [6.45, 7) is 3.53. The van der Waals surface area contributed by atoms with Gasteiger partial charge >= 0.3 is 0 Å². The number of aliphatic hydroxyl groups excluding tert-OH is 2. The van der Waals surface area contributed by atoms with E-state index < -0.39 is 0 Å². The van der Waals surface area contributed by atoms with E-state index in [0.717, 1.165) is 12.8 Å². The third-order valence-corrected chi connectivity index (χ3v) is 3.33. The molecule has 1 heterocycles. The lowest BCUT2D eigenvalue weighted by molar-refractivity contribution is 0.0601. The van der Waals surface area contributed by atoms with E-state index in [1.54, 1.807) is 0 Å². The molecule has 0 radical (unpaired) electrons. The highest BCUT2D eigenvalue weighted by Gasteiger charge is 2.32. The van der Waals surface area contributed by atoms with E-state index in [9.17, 15) is 5.11 Å². The molecule has 15 heavy (non-hydrogen) atoms.